The minimum Gasteiger partial charge on any atom is -0.390 e. The van der Waals surface area contributed by atoms with E-state index in [0.29, 0.717) is 5.92 Å². The predicted octanol–water partition coefficient (Wildman–Crippen LogP) is 3.36. The van der Waals surface area contributed by atoms with Gasteiger partial charge in [0.1, 0.15) is 0 Å². The Morgan fingerprint density at radius 1 is 1.15 bits per heavy atom. The highest BCUT2D eigenvalue weighted by Crippen LogP contribution is 2.41. The summed E-state index contributed by atoms with van der Waals surface area (Å²) < 4.78 is 0. The molecule has 1 nitrogen and oxygen atoms in total. The first kappa shape index (κ1) is 11.0. The van der Waals surface area contributed by atoms with Crippen LogP contribution >= 0.6 is 0 Å². The molecule has 0 aromatic carbocycles. The van der Waals surface area contributed by atoms with Crippen molar-refractivity contribution in [1.29, 1.82) is 0 Å². The largest absolute Gasteiger partial charge is 0.390 e. The molecule has 1 saturated carbocycles. The lowest BCUT2D eigenvalue weighted by Crippen LogP contribution is -2.12. The zero-order chi connectivity index (χ0) is 9.90. The van der Waals surface area contributed by atoms with E-state index in [1.54, 1.807) is 0 Å². The normalized spacial score (nSPS) is 21.9. The van der Waals surface area contributed by atoms with Gasteiger partial charge in [0.2, 0.25) is 0 Å². The smallest absolute Gasteiger partial charge is 0.0652 e. The number of aliphatic hydroxyl groups is 1. The molecule has 1 unspecified atom stereocenters. The van der Waals surface area contributed by atoms with Gasteiger partial charge in [-0.3, -0.25) is 0 Å². The molecule has 0 aromatic heterocycles. The maximum Gasteiger partial charge on any atom is 0.0652 e. The van der Waals surface area contributed by atoms with Gasteiger partial charge in [0.15, 0.2) is 0 Å². The van der Waals surface area contributed by atoms with Crippen molar-refractivity contribution in [1.82, 2.24) is 0 Å². The van der Waals surface area contributed by atoms with Crippen LogP contribution in [0.25, 0.3) is 0 Å². The summed E-state index contributed by atoms with van der Waals surface area (Å²) in [5, 5.41) is 9.71. The van der Waals surface area contributed by atoms with Crippen LogP contribution in [-0.2, 0) is 0 Å². The summed E-state index contributed by atoms with van der Waals surface area (Å²) in [6.07, 6.45) is 7.08. The maximum atomic E-state index is 9.71. The molecule has 0 heterocycles. The van der Waals surface area contributed by atoms with Crippen molar-refractivity contribution in [3.63, 3.8) is 0 Å². The lowest BCUT2D eigenvalue weighted by molar-refractivity contribution is 0.118. The van der Waals surface area contributed by atoms with E-state index in [9.17, 15) is 5.11 Å². The molecule has 0 radical (unpaired) electrons. The molecule has 1 heteroatoms. The van der Waals surface area contributed by atoms with Gasteiger partial charge >= 0.3 is 0 Å². The molecule has 0 aliphatic heterocycles. The minimum absolute atomic E-state index is 0.239. The predicted molar refractivity (Wildman–Crippen MR) is 56.7 cm³/mol. The van der Waals surface area contributed by atoms with Crippen molar-refractivity contribution in [3.05, 3.63) is 0 Å². The summed E-state index contributed by atoms with van der Waals surface area (Å²) in [5.74, 6) is 1.54. The van der Waals surface area contributed by atoms with Gasteiger partial charge in [-0.2, -0.15) is 0 Å². The second-order valence-electron chi connectivity index (χ2n) is 5.36. The molecule has 1 fully saturated rings. The summed E-state index contributed by atoms with van der Waals surface area (Å²) in [7, 11) is 0. The molecule has 78 valence electrons. The van der Waals surface area contributed by atoms with Crippen LogP contribution in [0, 0.1) is 11.8 Å². The fourth-order valence-electron chi connectivity index (χ4n) is 1.97. The third kappa shape index (κ3) is 4.66. The van der Waals surface area contributed by atoms with E-state index >= 15 is 0 Å². The topological polar surface area (TPSA) is 20.2 Å². The average Bonchev–Trinajstić information content (AvgIpc) is 2.66. The van der Waals surface area contributed by atoms with Crippen LogP contribution in [0.5, 0.6) is 0 Å². The van der Waals surface area contributed by atoms with E-state index in [0.717, 1.165) is 25.2 Å². The van der Waals surface area contributed by atoms with Crippen molar-refractivity contribution in [3.8, 4) is 0 Å². The van der Waals surface area contributed by atoms with E-state index in [1.165, 1.54) is 19.3 Å². The van der Waals surface area contributed by atoms with Crippen LogP contribution in [-0.4, -0.2) is 10.7 Å². The Bertz CT molecular complexity index is 147. The highest BCUT2D eigenvalue weighted by molar-refractivity contribution is 4.94. The Labute approximate surface area is 82.5 Å². The highest BCUT2D eigenvalue weighted by Gasteiger charge is 2.40. The molecular formula is C12H24O. The fraction of sp³-hybridized carbons (Fsp3) is 1.00. The SMILES string of the molecule is CC(C)CCCC(C)CC1(O)CC1. The molecule has 1 atom stereocenters. The van der Waals surface area contributed by atoms with Crippen LogP contribution in [0.1, 0.15) is 59.3 Å². The molecular weight excluding hydrogens is 160 g/mol. The summed E-state index contributed by atoms with van der Waals surface area (Å²) in [6, 6.07) is 0. The second-order valence-corrected chi connectivity index (χ2v) is 5.36. The Morgan fingerprint density at radius 2 is 1.77 bits per heavy atom. The van der Waals surface area contributed by atoms with Crippen molar-refractivity contribution in [2.45, 2.75) is 64.9 Å². The third-order valence-corrected chi connectivity index (χ3v) is 3.03. The first-order chi connectivity index (χ1) is 6.02. The summed E-state index contributed by atoms with van der Waals surface area (Å²) in [6.45, 7) is 6.83. The minimum atomic E-state index is -0.239. The molecule has 1 aliphatic carbocycles. The van der Waals surface area contributed by atoms with E-state index in [2.05, 4.69) is 20.8 Å². The fourth-order valence-corrected chi connectivity index (χ4v) is 1.97. The second kappa shape index (κ2) is 4.45. The summed E-state index contributed by atoms with van der Waals surface area (Å²) in [5.41, 5.74) is -0.239. The van der Waals surface area contributed by atoms with Crippen LogP contribution in [0.4, 0.5) is 0 Å². The van der Waals surface area contributed by atoms with Gasteiger partial charge < -0.3 is 5.11 Å². The molecule has 1 N–H and O–H groups in total. The molecule has 1 aliphatic rings. The molecule has 0 spiro atoms. The zero-order valence-electron chi connectivity index (χ0n) is 9.34. The molecule has 13 heavy (non-hydrogen) atoms. The van der Waals surface area contributed by atoms with Crippen molar-refractivity contribution >= 4 is 0 Å². The molecule has 0 saturated heterocycles. The first-order valence-corrected chi connectivity index (χ1v) is 5.74. The van der Waals surface area contributed by atoms with E-state index in [4.69, 9.17) is 0 Å². The average molecular weight is 184 g/mol. The quantitative estimate of drug-likeness (QED) is 0.671. The maximum absolute atomic E-state index is 9.71. The van der Waals surface area contributed by atoms with Crippen molar-refractivity contribution in [2.24, 2.45) is 11.8 Å². The van der Waals surface area contributed by atoms with Gasteiger partial charge in [0.05, 0.1) is 5.60 Å². The van der Waals surface area contributed by atoms with Gasteiger partial charge in [-0.1, -0.05) is 40.0 Å². The molecule has 0 amide bonds. The van der Waals surface area contributed by atoms with Gasteiger partial charge in [-0.15, -0.1) is 0 Å². The van der Waals surface area contributed by atoms with Gasteiger partial charge in [-0.05, 0) is 31.1 Å². The van der Waals surface area contributed by atoms with E-state index in [1.807, 2.05) is 0 Å². The lowest BCUT2D eigenvalue weighted by Gasteiger charge is -2.15. The van der Waals surface area contributed by atoms with Crippen LogP contribution < -0.4 is 0 Å². The van der Waals surface area contributed by atoms with Crippen molar-refractivity contribution in [2.75, 3.05) is 0 Å². The van der Waals surface area contributed by atoms with Gasteiger partial charge in [0, 0.05) is 0 Å². The summed E-state index contributed by atoms with van der Waals surface area (Å²) in [4.78, 5) is 0. The molecule has 0 aromatic rings. The Morgan fingerprint density at radius 3 is 2.23 bits per heavy atom. The molecule has 0 bridgehead atoms. The Balaban J connectivity index is 2.01. The summed E-state index contributed by atoms with van der Waals surface area (Å²) >= 11 is 0. The van der Waals surface area contributed by atoms with E-state index < -0.39 is 0 Å². The lowest BCUT2D eigenvalue weighted by atomic mass is 9.94. The van der Waals surface area contributed by atoms with Gasteiger partial charge in [-0.25, -0.2) is 0 Å². The molecule has 1 rings (SSSR count). The van der Waals surface area contributed by atoms with Crippen molar-refractivity contribution < 1.29 is 5.11 Å². The highest BCUT2D eigenvalue weighted by atomic mass is 16.3. The standard InChI is InChI=1S/C12H24O/c1-10(2)5-4-6-11(3)9-12(13)7-8-12/h10-11,13H,4-9H2,1-3H3. The van der Waals surface area contributed by atoms with Crippen LogP contribution in [0.3, 0.4) is 0 Å². The number of rotatable bonds is 6. The van der Waals surface area contributed by atoms with Crippen LogP contribution in [0.2, 0.25) is 0 Å². The Kier molecular flexibility index (Phi) is 3.78. The van der Waals surface area contributed by atoms with E-state index in [-0.39, 0.29) is 5.60 Å². The van der Waals surface area contributed by atoms with Gasteiger partial charge in [0.25, 0.3) is 0 Å². The number of hydrogen-bond donors (Lipinski definition) is 1. The zero-order valence-corrected chi connectivity index (χ0v) is 9.34. The monoisotopic (exact) mass is 184 g/mol. The first-order valence-electron chi connectivity index (χ1n) is 5.74. The van der Waals surface area contributed by atoms with Crippen LogP contribution in [0.15, 0.2) is 0 Å². The Hall–Kier alpha value is -0.0400. The number of hydrogen-bond acceptors (Lipinski definition) is 1. The third-order valence-electron chi connectivity index (χ3n) is 3.03.